The van der Waals surface area contributed by atoms with Crippen LogP contribution in [0.4, 0.5) is 5.13 Å². The Balaban J connectivity index is 1.46. The smallest absolute Gasteiger partial charge is 0.274 e. The molecular weight excluding hydrogens is 420 g/mol. The van der Waals surface area contributed by atoms with Crippen molar-refractivity contribution in [1.29, 1.82) is 0 Å². The Hall–Kier alpha value is -2.74. The number of halogens is 1. The third kappa shape index (κ3) is 3.60. The molecule has 30 heavy (non-hydrogen) atoms. The summed E-state index contributed by atoms with van der Waals surface area (Å²) in [5, 5.41) is 4.90. The minimum absolute atomic E-state index is 0.146. The summed E-state index contributed by atoms with van der Waals surface area (Å²) in [5.74, 6) is 0.263. The summed E-state index contributed by atoms with van der Waals surface area (Å²) in [4.78, 5) is 17.6. The summed E-state index contributed by atoms with van der Waals surface area (Å²) in [6.45, 7) is 0.704. The molecule has 1 amide bonds. The topological polar surface area (TPSA) is 69.0 Å². The third-order valence-corrected chi connectivity index (χ3v) is 6.15. The van der Waals surface area contributed by atoms with Crippen molar-refractivity contribution in [2.24, 2.45) is 0 Å². The van der Waals surface area contributed by atoms with E-state index in [1.807, 2.05) is 53.1 Å². The molecule has 1 aliphatic rings. The number of hydrogen-bond acceptors (Lipinski definition) is 5. The molecule has 1 saturated heterocycles. The zero-order chi connectivity index (χ0) is 20.5. The van der Waals surface area contributed by atoms with E-state index < -0.39 is 0 Å². The van der Waals surface area contributed by atoms with Crippen molar-refractivity contribution in [1.82, 2.24) is 13.9 Å². The Bertz CT molecular complexity index is 1210. The van der Waals surface area contributed by atoms with Gasteiger partial charge >= 0.3 is 0 Å². The van der Waals surface area contributed by atoms with Gasteiger partial charge in [0, 0.05) is 29.1 Å². The number of anilines is 1. The van der Waals surface area contributed by atoms with Gasteiger partial charge in [0.25, 0.3) is 5.91 Å². The monoisotopic (exact) mass is 438 g/mol. The SMILES string of the molecule is O=C(Nc1nc(-c2ccccc2Cl)ns1)c1cc2ccccc2n1C1CCCCO1. The highest BCUT2D eigenvalue weighted by molar-refractivity contribution is 7.10. The second-order valence-corrected chi connectivity index (χ2v) is 8.30. The third-order valence-electron chi connectivity index (χ3n) is 5.19. The second-order valence-electron chi connectivity index (χ2n) is 7.14. The van der Waals surface area contributed by atoms with Crippen LogP contribution in [0, 0.1) is 0 Å². The molecule has 0 radical (unpaired) electrons. The summed E-state index contributed by atoms with van der Waals surface area (Å²) in [5.41, 5.74) is 2.28. The fourth-order valence-electron chi connectivity index (χ4n) is 3.78. The van der Waals surface area contributed by atoms with Gasteiger partial charge in [-0.1, -0.05) is 41.9 Å². The maximum Gasteiger partial charge on any atom is 0.274 e. The standard InChI is InChI=1S/C22H19ClN4O2S/c23-16-9-3-2-8-15(16)20-24-22(30-26-20)25-21(28)18-13-14-7-1-4-10-17(14)27(18)19-11-5-6-12-29-19/h1-4,7-10,13,19H,5-6,11-12H2,(H,24,25,26,28). The fraction of sp³-hybridized carbons (Fsp3) is 0.227. The number of benzene rings is 2. The molecule has 4 aromatic rings. The highest BCUT2D eigenvalue weighted by Gasteiger charge is 2.24. The van der Waals surface area contributed by atoms with Crippen LogP contribution in [0.25, 0.3) is 22.3 Å². The van der Waals surface area contributed by atoms with Crippen LogP contribution in [0.5, 0.6) is 0 Å². The molecule has 0 aliphatic carbocycles. The van der Waals surface area contributed by atoms with Crippen LogP contribution >= 0.6 is 23.1 Å². The number of nitrogens with one attached hydrogen (secondary N) is 1. The molecular formula is C22H19ClN4O2S. The number of para-hydroxylation sites is 1. The van der Waals surface area contributed by atoms with E-state index in [9.17, 15) is 4.79 Å². The Morgan fingerprint density at radius 2 is 2.00 bits per heavy atom. The van der Waals surface area contributed by atoms with Gasteiger partial charge in [-0.2, -0.15) is 9.36 Å². The first-order valence-electron chi connectivity index (χ1n) is 9.82. The number of hydrogen-bond donors (Lipinski definition) is 1. The highest BCUT2D eigenvalue weighted by atomic mass is 35.5. The van der Waals surface area contributed by atoms with Gasteiger partial charge in [-0.05, 0) is 43.5 Å². The molecule has 2 aromatic heterocycles. The maximum atomic E-state index is 13.2. The molecule has 1 N–H and O–H groups in total. The molecule has 1 aliphatic heterocycles. The number of ether oxygens (including phenoxy) is 1. The Morgan fingerprint density at radius 1 is 1.17 bits per heavy atom. The molecule has 2 aromatic carbocycles. The molecule has 1 atom stereocenters. The maximum absolute atomic E-state index is 13.2. The lowest BCUT2D eigenvalue weighted by molar-refractivity contribution is -0.0301. The van der Waals surface area contributed by atoms with Crippen molar-refractivity contribution >= 4 is 45.1 Å². The van der Waals surface area contributed by atoms with Crippen LogP contribution in [0.1, 0.15) is 36.0 Å². The van der Waals surface area contributed by atoms with Crippen molar-refractivity contribution in [3.05, 3.63) is 65.3 Å². The predicted molar refractivity (Wildman–Crippen MR) is 119 cm³/mol. The molecule has 5 rings (SSSR count). The van der Waals surface area contributed by atoms with E-state index in [1.165, 1.54) is 0 Å². The average molecular weight is 439 g/mol. The van der Waals surface area contributed by atoms with E-state index in [4.69, 9.17) is 16.3 Å². The van der Waals surface area contributed by atoms with Crippen LogP contribution in [-0.4, -0.2) is 26.4 Å². The molecule has 0 spiro atoms. The Labute approximate surface area is 182 Å². The highest BCUT2D eigenvalue weighted by Crippen LogP contribution is 2.32. The summed E-state index contributed by atoms with van der Waals surface area (Å²) in [7, 11) is 0. The summed E-state index contributed by atoms with van der Waals surface area (Å²) in [6, 6.07) is 17.2. The second kappa shape index (κ2) is 8.18. The Kier molecular flexibility index (Phi) is 5.25. The van der Waals surface area contributed by atoms with Gasteiger partial charge in [-0.25, -0.2) is 0 Å². The molecule has 152 valence electrons. The number of fused-ring (bicyclic) bond motifs is 1. The van der Waals surface area contributed by atoms with E-state index >= 15 is 0 Å². The zero-order valence-corrected chi connectivity index (χ0v) is 17.6. The van der Waals surface area contributed by atoms with E-state index in [0.717, 1.165) is 47.3 Å². The zero-order valence-electron chi connectivity index (χ0n) is 16.0. The van der Waals surface area contributed by atoms with Gasteiger partial charge in [0.2, 0.25) is 5.13 Å². The number of rotatable bonds is 4. The summed E-state index contributed by atoms with van der Waals surface area (Å²) >= 11 is 7.37. The van der Waals surface area contributed by atoms with Crippen LogP contribution < -0.4 is 5.32 Å². The van der Waals surface area contributed by atoms with Crippen LogP contribution in [0.3, 0.4) is 0 Å². The Morgan fingerprint density at radius 3 is 2.83 bits per heavy atom. The quantitative estimate of drug-likeness (QED) is 0.439. The molecule has 0 bridgehead atoms. The lowest BCUT2D eigenvalue weighted by Gasteiger charge is -2.26. The molecule has 8 heteroatoms. The van der Waals surface area contributed by atoms with E-state index in [2.05, 4.69) is 14.7 Å². The summed E-state index contributed by atoms with van der Waals surface area (Å²) < 4.78 is 12.3. The van der Waals surface area contributed by atoms with Crippen molar-refractivity contribution in [2.45, 2.75) is 25.5 Å². The molecule has 1 unspecified atom stereocenters. The number of nitrogens with zero attached hydrogens (tertiary/aromatic N) is 3. The first-order valence-corrected chi connectivity index (χ1v) is 11.0. The van der Waals surface area contributed by atoms with Crippen molar-refractivity contribution in [3.63, 3.8) is 0 Å². The van der Waals surface area contributed by atoms with Crippen LogP contribution in [0.15, 0.2) is 54.6 Å². The minimum atomic E-state index is -0.234. The van der Waals surface area contributed by atoms with Gasteiger partial charge in [0.1, 0.15) is 11.9 Å². The molecule has 6 nitrogen and oxygen atoms in total. The van der Waals surface area contributed by atoms with E-state index in [1.54, 1.807) is 6.07 Å². The number of amides is 1. The lowest BCUT2D eigenvalue weighted by Crippen LogP contribution is -2.24. The van der Waals surface area contributed by atoms with Crippen LogP contribution in [0.2, 0.25) is 5.02 Å². The van der Waals surface area contributed by atoms with Gasteiger partial charge in [-0.3, -0.25) is 10.1 Å². The normalized spacial score (nSPS) is 16.6. The van der Waals surface area contributed by atoms with Gasteiger partial charge < -0.3 is 9.30 Å². The largest absolute Gasteiger partial charge is 0.358 e. The number of aromatic nitrogens is 3. The first-order chi connectivity index (χ1) is 14.7. The van der Waals surface area contributed by atoms with Crippen molar-refractivity contribution in [2.75, 3.05) is 11.9 Å². The van der Waals surface area contributed by atoms with Crippen LogP contribution in [-0.2, 0) is 4.74 Å². The average Bonchev–Trinajstić information content (AvgIpc) is 3.39. The minimum Gasteiger partial charge on any atom is -0.358 e. The molecule has 3 heterocycles. The van der Waals surface area contributed by atoms with Gasteiger partial charge in [0.05, 0.1) is 10.5 Å². The first kappa shape index (κ1) is 19.2. The van der Waals surface area contributed by atoms with E-state index in [-0.39, 0.29) is 12.1 Å². The number of carbonyl (C=O) groups is 1. The van der Waals surface area contributed by atoms with Crippen molar-refractivity contribution < 1.29 is 9.53 Å². The predicted octanol–water partition coefficient (Wildman–Crippen LogP) is 5.76. The van der Waals surface area contributed by atoms with Gasteiger partial charge in [0.15, 0.2) is 5.82 Å². The molecule has 0 saturated carbocycles. The number of carbonyl (C=O) groups excluding carboxylic acids is 1. The molecule has 1 fully saturated rings. The fourth-order valence-corrected chi connectivity index (χ4v) is 4.57. The van der Waals surface area contributed by atoms with E-state index in [0.29, 0.717) is 28.3 Å². The van der Waals surface area contributed by atoms with Crippen molar-refractivity contribution in [3.8, 4) is 11.4 Å². The summed E-state index contributed by atoms with van der Waals surface area (Å²) in [6.07, 6.45) is 2.87. The van der Waals surface area contributed by atoms with Gasteiger partial charge in [-0.15, -0.1) is 0 Å². The lowest BCUT2D eigenvalue weighted by atomic mass is 10.2.